The van der Waals surface area contributed by atoms with Crippen LogP contribution in [0.3, 0.4) is 0 Å². The molecule has 0 spiro atoms. The normalized spacial score (nSPS) is 28.8. The molecule has 0 aliphatic carbocycles. The zero-order chi connectivity index (χ0) is 18.6. The van der Waals surface area contributed by atoms with Crippen LogP contribution in [0.5, 0.6) is 0 Å². The van der Waals surface area contributed by atoms with E-state index in [1.54, 1.807) is 4.90 Å². The number of rotatable bonds is 1. The average molecular weight is 350 g/mol. The number of carbonyl (C=O) groups excluding carboxylic acids is 1. The summed E-state index contributed by atoms with van der Waals surface area (Å²) in [5.41, 5.74) is 0.0386. The van der Waals surface area contributed by atoms with Gasteiger partial charge in [-0.3, -0.25) is 4.90 Å². The van der Waals surface area contributed by atoms with Gasteiger partial charge in [0.15, 0.2) is 0 Å². The maximum absolute atomic E-state index is 12.3. The molecule has 140 valence electrons. The maximum atomic E-state index is 12.3. The third kappa shape index (κ3) is 3.73. The summed E-state index contributed by atoms with van der Waals surface area (Å²) >= 11 is 0. The highest BCUT2D eigenvalue weighted by molar-refractivity contribution is 6.55. The number of ether oxygens (including phenoxy) is 1. The minimum absolute atomic E-state index is 0.204. The zero-order valence-electron chi connectivity index (χ0n) is 16.6. The van der Waals surface area contributed by atoms with Crippen LogP contribution in [-0.4, -0.2) is 72.0 Å². The number of fused-ring (bicyclic) bond motifs is 1. The molecule has 1 unspecified atom stereocenters. The summed E-state index contributed by atoms with van der Waals surface area (Å²) < 4.78 is 17.8. The molecule has 0 aromatic heterocycles. The molecule has 25 heavy (non-hydrogen) atoms. The van der Waals surface area contributed by atoms with Crippen LogP contribution in [0, 0.1) is 0 Å². The molecule has 7 heteroatoms. The minimum atomic E-state index is -0.465. The Balaban J connectivity index is 1.65. The highest BCUT2D eigenvalue weighted by Gasteiger charge is 2.53. The standard InChI is InChI=1S/C18H31BN2O4/c1-16(2,3)23-15(22)21-9-8-20-11-13(10-14(20)12-21)19-24-17(4,5)18(6,7)25-19/h10,14H,8-9,11-12H2,1-7H3. The lowest BCUT2D eigenvalue weighted by atomic mass is 9.78. The van der Waals surface area contributed by atoms with Gasteiger partial charge in [0.1, 0.15) is 5.60 Å². The van der Waals surface area contributed by atoms with E-state index < -0.39 is 5.60 Å². The van der Waals surface area contributed by atoms with E-state index in [0.717, 1.165) is 18.6 Å². The molecule has 1 amide bonds. The van der Waals surface area contributed by atoms with E-state index in [1.807, 2.05) is 20.8 Å². The van der Waals surface area contributed by atoms with Crippen molar-refractivity contribution in [2.45, 2.75) is 71.3 Å². The van der Waals surface area contributed by atoms with Crippen LogP contribution in [0.2, 0.25) is 0 Å². The SMILES string of the molecule is CC(C)(C)OC(=O)N1CCN2CC(B3OC(C)(C)C(C)(C)O3)=CC2C1. The molecule has 3 rings (SSSR count). The van der Waals surface area contributed by atoms with Gasteiger partial charge in [-0.2, -0.15) is 0 Å². The summed E-state index contributed by atoms with van der Waals surface area (Å²) in [6.07, 6.45) is 1.98. The number of carbonyl (C=O) groups is 1. The van der Waals surface area contributed by atoms with Crippen molar-refractivity contribution in [3.63, 3.8) is 0 Å². The van der Waals surface area contributed by atoms with Crippen molar-refractivity contribution < 1.29 is 18.8 Å². The predicted octanol–water partition coefficient (Wildman–Crippen LogP) is 2.48. The van der Waals surface area contributed by atoms with Gasteiger partial charge in [0.2, 0.25) is 0 Å². The van der Waals surface area contributed by atoms with Gasteiger partial charge in [0, 0.05) is 32.2 Å². The first-order valence-corrected chi connectivity index (χ1v) is 9.16. The molecule has 3 heterocycles. The summed E-state index contributed by atoms with van der Waals surface area (Å²) in [4.78, 5) is 16.5. The Labute approximate surface area is 151 Å². The van der Waals surface area contributed by atoms with Gasteiger partial charge < -0.3 is 18.9 Å². The number of hydrogen-bond donors (Lipinski definition) is 0. The molecular weight excluding hydrogens is 319 g/mol. The van der Waals surface area contributed by atoms with Crippen LogP contribution in [-0.2, 0) is 14.0 Å². The molecule has 3 aliphatic rings. The lowest BCUT2D eigenvalue weighted by Gasteiger charge is -2.37. The van der Waals surface area contributed by atoms with Crippen molar-refractivity contribution in [1.29, 1.82) is 0 Å². The molecule has 6 nitrogen and oxygen atoms in total. The Morgan fingerprint density at radius 2 is 1.80 bits per heavy atom. The minimum Gasteiger partial charge on any atom is -0.444 e. The molecule has 0 aromatic carbocycles. The van der Waals surface area contributed by atoms with Crippen LogP contribution in [0.4, 0.5) is 4.79 Å². The zero-order valence-corrected chi connectivity index (χ0v) is 16.6. The fraction of sp³-hybridized carbons (Fsp3) is 0.833. The average Bonchev–Trinajstić information content (AvgIpc) is 2.95. The van der Waals surface area contributed by atoms with Crippen LogP contribution in [0.25, 0.3) is 0 Å². The topological polar surface area (TPSA) is 51.2 Å². The number of piperazine rings is 1. The molecule has 3 aliphatic heterocycles. The number of hydrogen-bond acceptors (Lipinski definition) is 5. The largest absolute Gasteiger partial charge is 0.491 e. The smallest absolute Gasteiger partial charge is 0.444 e. The van der Waals surface area contributed by atoms with E-state index in [9.17, 15) is 4.79 Å². The molecule has 0 bridgehead atoms. The molecule has 2 saturated heterocycles. The van der Waals surface area contributed by atoms with Crippen LogP contribution in [0.1, 0.15) is 48.5 Å². The van der Waals surface area contributed by atoms with Crippen LogP contribution < -0.4 is 0 Å². The summed E-state index contributed by atoms with van der Waals surface area (Å²) in [7, 11) is -0.300. The lowest BCUT2D eigenvalue weighted by molar-refractivity contribution is 0.00578. The maximum Gasteiger partial charge on any atom is 0.491 e. The third-order valence-corrected chi connectivity index (χ3v) is 5.53. The molecule has 0 radical (unpaired) electrons. The fourth-order valence-corrected chi connectivity index (χ4v) is 3.38. The van der Waals surface area contributed by atoms with Crippen molar-refractivity contribution in [3.8, 4) is 0 Å². The lowest BCUT2D eigenvalue weighted by Crippen LogP contribution is -2.53. The molecule has 2 fully saturated rings. The second-order valence-corrected chi connectivity index (χ2v) is 9.29. The second-order valence-electron chi connectivity index (χ2n) is 9.29. The van der Waals surface area contributed by atoms with E-state index in [2.05, 4.69) is 38.7 Å². The van der Waals surface area contributed by atoms with Crippen LogP contribution >= 0.6 is 0 Å². The first kappa shape index (κ1) is 18.7. The van der Waals surface area contributed by atoms with Crippen LogP contribution in [0.15, 0.2) is 11.5 Å². The summed E-state index contributed by atoms with van der Waals surface area (Å²) in [6.45, 7) is 17.0. The number of amides is 1. The van der Waals surface area contributed by atoms with Gasteiger partial charge in [-0.1, -0.05) is 6.08 Å². The fourth-order valence-electron chi connectivity index (χ4n) is 3.38. The molecular formula is C18H31BN2O4. The quantitative estimate of drug-likeness (QED) is 0.680. The second kappa shape index (κ2) is 6.00. The summed E-state index contributed by atoms with van der Waals surface area (Å²) in [5, 5.41) is 0. The summed E-state index contributed by atoms with van der Waals surface area (Å²) in [5.74, 6) is 0. The predicted molar refractivity (Wildman–Crippen MR) is 97.3 cm³/mol. The van der Waals surface area contributed by atoms with E-state index in [1.165, 1.54) is 0 Å². The Morgan fingerprint density at radius 3 is 2.36 bits per heavy atom. The Morgan fingerprint density at radius 1 is 1.20 bits per heavy atom. The van der Waals surface area contributed by atoms with Crippen molar-refractivity contribution in [2.75, 3.05) is 26.2 Å². The van der Waals surface area contributed by atoms with Gasteiger partial charge in [-0.05, 0) is 53.9 Å². The Bertz CT molecular complexity index is 566. The van der Waals surface area contributed by atoms with Gasteiger partial charge in [0.05, 0.1) is 11.2 Å². The summed E-state index contributed by atoms with van der Waals surface area (Å²) in [6, 6.07) is 0.204. The van der Waals surface area contributed by atoms with Gasteiger partial charge in [-0.25, -0.2) is 4.79 Å². The number of nitrogens with zero attached hydrogens (tertiary/aromatic N) is 2. The van der Waals surface area contributed by atoms with Gasteiger partial charge in [-0.15, -0.1) is 0 Å². The van der Waals surface area contributed by atoms with Crippen molar-refractivity contribution in [3.05, 3.63) is 11.5 Å². The van der Waals surface area contributed by atoms with Crippen molar-refractivity contribution in [1.82, 2.24) is 9.80 Å². The molecule has 1 atom stereocenters. The first-order valence-electron chi connectivity index (χ1n) is 9.16. The Hall–Kier alpha value is -1.05. The molecule has 0 N–H and O–H groups in total. The highest BCUT2D eigenvalue weighted by Crippen LogP contribution is 2.39. The van der Waals surface area contributed by atoms with E-state index in [4.69, 9.17) is 14.0 Å². The van der Waals surface area contributed by atoms with Gasteiger partial charge in [0.25, 0.3) is 0 Å². The van der Waals surface area contributed by atoms with E-state index >= 15 is 0 Å². The highest BCUT2D eigenvalue weighted by atomic mass is 16.7. The molecule has 0 saturated carbocycles. The van der Waals surface area contributed by atoms with Crippen molar-refractivity contribution >= 4 is 13.2 Å². The van der Waals surface area contributed by atoms with Crippen molar-refractivity contribution in [2.24, 2.45) is 0 Å². The Kier molecular flexibility index (Phi) is 4.49. The third-order valence-electron chi connectivity index (χ3n) is 5.53. The van der Waals surface area contributed by atoms with E-state index in [0.29, 0.717) is 13.1 Å². The monoisotopic (exact) mass is 350 g/mol. The first-order chi connectivity index (χ1) is 11.4. The molecule has 0 aromatic rings. The van der Waals surface area contributed by atoms with E-state index in [-0.39, 0.29) is 30.5 Å². The van der Waals surface area contributed by atoms with Gasteiger partial charge >= 0.3 is 13.2 Å².